The molecule has 4 aromatic heterocycles. The summed E-state index contributed by atoms with van der Waals surface area (Å²) in [6, 6.07) is 66.6. The van der Waals surface area contributed by atoms with Gasteiger partial charge in [0.25, 0.3) is 0 Å². The molecule has 266 valence electrons. The van der Waals surface area contributed by atoms with Crippen molar-refractivity contribution in [1.82, 2.24) is 24.1 Å². The molecular weight excluding hydrogens is 715 g/mol. The van der Waals surface area contributed by atoms with Crippen molar-refractivity contribution in [3.05, 3.63) is 188 Å². The lowest BCUT2D eigenvalue weighted by molar-refractivity contribution is 1.07. The first kappa shape index (κ1) is 31.9. The number of hydrogen-bond acceptors (Lipinski definition) is 4. The molecule has 0 fully saturated rings. The predicted octanol–water partition coefficient (Wildman–Crippen LogP) is 13.4. The van der Waals surface area contributed by atoms with E-state index in [0.717, 1.165) is 27.9 Å². The summed E-state index contributed by atoms with van der Waals surface area (Å²) in [5, 5.41) is 7.50. The van der Waals surface area contributed by atoms with Crippen LogP contribution in [0.2, 0.25) is 0 Å². The molecular formula is C51H31N5S. The van der Waals surface area contributed by atoms with Gasteiger partial charge in [-0.15, -0.1) is 11.3 Å². The minimum atomic E-state index is 0.636. The molecule has 57 heavy (non-hydrogen) atoms. The van der Waals surface area contributed by atoms with E-state index < -0.39 is 0 Å². The molecule has 12 aromatic rings. The van der Waals surface area contributed by atoms with Crippen LogP contribution < -0.4 is 0 Å². The largest absolute Gasteiger partial charge is 0.309 e. The molecule has 0 unspecified atom stereocenters. The van der Waals surface area contributed by atoms with Gasteiger partial charge in [0.15, 0.2) is 17.5 Å². The molecule has 6 heteroatoms. The quantitative estimate of drug-likeness (QED) is 0.176. The third-order valence-electron chi connectivity index (χ3n) is 11.2. The van der Waals surface area contributed by atoms with Crippen LogP contribution in [0.4, 0.5) is 0 Å². The van der Waals surface area contributed by atoms with Gasteiger partial charge in [0.2, 0.25) is 0 Å². The van der Waals surface area contributed by atoms with Crippen LogP contribution in [0.25, 0.3) is 109 Å². The van der Waals surface area contributed by atoms with Crippen LogP contribution in [0.1, 0.15) is 0 Å². The molecule has 12 rings (SSSR count). The summed E-state index contributed by atoms with van der Waals surface area (Å²) in [7, 11) is 0. The average molecular weight is 746 g/mol. The van der Waals surface area contributed by atoms with Gasteiger partial charge in [0, 0.05) is 59.4 Å². The van der Waals surface area contributed by atoms with E-state index in [9.17, 15) is 0 Å². The minimum Gasteiger partial charge on any atom is -0.309 e. The highest BCUT2D eigenvalue weighted by atomic mass is 32.1. The van der Waals surface area contributed by atoms with Crippen LogP contribution in [0.3, 0.4) is 0 Å². The maximum absolute atomic E-state index is 5.00. The number of thiophene rings is 1. The number of benzene rings is 8. The standard InChI is InChI=1S/C51H31N5S/c1-3-14-32(15-4-1)49-52-50(33-16-5-2-6-17-33)54-51(53-49)34-26-28-35(29-27-34)55-41-22-10-7-18-36(41)38-30-31-43-46(47(38)55)40-20-8-11-23-42(40)56(43)44-24-13-21-39-37-19-9-12-25-45(37)57-48(39)44/h1-31H. The highest BCUT2D eigenvalue weighted by molar-refractivity contribution is 7.26. The van der Waals surface area contributed by atoms with Gasteiger partial charge in [0.05, 0.1) is 32.5 Å². The van der Waals surface area contributed by atoms with Gasteiger partial charge in [-0.2, -0.15) is 0 Å². The van der Waals surface area contributed by atoms with Crippen LogP contribution in [-0.4, -0.2) is 24.1 Å². The Morgan fingerprint density at radius 1 is 0.351 bits per heavy atom. The molecule has 5 nitrogen and oxygen atoms in total. The molecule has 0 aliphatic heterocycles. The summed E-state index contributed by atoms with van der Waals surface area (Å²) < 4.78 is 7.51. The van der Waals surface area contributed by atoms with Gasteiger partial charge in [-0.1, -0.05) is 133 Å². The molecule has 8 aromatic carbocycles. The SMILES string of the molecule is c1ccc(-c2nc(-c3ccccc3)nc(-c3ccc(-n4c5ccccc5c5ccc6c(c7ccccc7n6-c6cccc7c6sc6ccccc67)c54)cc3)n2)cc1. The van der Waals surface area contributed by atoms with E-state index in [2.05, 4.69) is 137 Å². The Kier molecular flexibility index (Phi) is 7.03. The van der Waals surface area contributed by atoms with E-state index in [1.165, 1.54) is 64.0 Å². The Morgan fingerprint density at radius 3 is 1.58 bits per heavy atom. The Hall–Kier alpha value is -7.41. The summed E-state index contributed by atoms with van der Waals surface area (Å²) >= 11 is 1.87. The van der Waals surface area contributed by atoms with E-state index in [4.69, 9.17) is 15.0 Å². The minimum absolute atomic E-state index is 0.636. The Balaban J connectivity index is 1.09. The zero-order valence-corrected chi connectivity index (χ0v) is 31.4. The first-order chi connectivity index (χ1) is 28.3. The smallest absolute Gasteiger partial charge is 0.164 e. The third kappa shape index (κ3) is 4.91. The van der Waals surface area contributed by atoms with Crippen LogP contribution in [0, 0.1) is 0 Å². The lowest BCUT2D eigenvalue weighted by Crippen LogP contribution is -2.00. The second kappa shape index (κ2) is 12.6. The van der Waals surface area contributed by atoms with E-state index in [-0.39, 0.29) is 0 Å². The van der Waals surface area contributed by atoms with Gasteiger partial charge >= 0.3 is 0 Å². The molecule has 0 saturated heterocycles. The van der Waals surface area contributed by atoms with Gasteiger partial charge < -0.3 is 9.13 Å². The van der Waals surface area contributed by atoms with Crippen molar-refractivity contribution in [3.63, 3.8) is 0 Å². The molecule has 0 aliphatic rings. The molecule has 0 amide bonds. The predicted molar refractivity (Wildman–Crippen MR) is 238 cm³/mol. The van der Waals surface area contributed by atoms with Crippen LogP contribution in [0.15, 0.2) is 188 Å². The lowest BCUT2D eigenvalue weighted by Gasteiger charge is -2.12. The monoisotopic (exact) mass is 745 g/mol. The highest BCUT2D eigenvalue weighted by Crippen LogP contribution is 2.44. The van der Waals surface area contributed by atoms with E-state index in [0.29, 0.717) is 17.5 Å². The summed E-state index contributed by atoms with van der Waals surface area (Å²) in [5.41, 5.74) is 9.83. The number of para-hydroxylation sites is 2. The number of hydrogen-bond donors (Lipinski definition) is 0. The number of nitrogens with zero attached hydrogens (tertiary/aromatic N) is 5. The first-order valence-corrected chi connectivity index (χ1v) is 19.9. The molecule has 0 radical (unpaired) electrons. The zero-order valence-electron chi connectivity index (χ0n) is 30.5. The van der Waals surface area contributed by atoms with Gasteiger partial charge in [-0.05, 0) is 54.6 Å². The molecule has 0 N–H and O–H groups in total. The topological polar surface area (TPSA) is 48.5 Å². The number of fused-ring (bicyclic) bond motifs is 10. The second-order valence-corrected chi connectivity index (χ2v) is 15.5. The van der Waals surface area contributed by atoms with Crippen LogP contribution in [0.5, 0.6) is 0 Å². The number of aromatic nitrogens is 5. The van der Waals surface area contributed by atoms with Crippen LogP contribution >= 0.6 is 11.3 Å². The van der Waals surface area contributed by atoms with Crippen molar-refractivity contribution < 1.29 is 0 Å². The normalized spacial score (nSPS) is 11.9. The summed E-state index contributed by atoms with van der Waals surface area (Å²) in [5.74, 6) is 1.93. The molecule has 0 saturated carbocycles. The third-order valence-corrected chi connectivity index (χ3v) is 12.4. The summed E-state index contributed by atoms with van der Waals surface area (Å²) in [4.78, 5) is 14.9. The van der Waals surface area contributed by atoms with Crippen molar-refractivity contribution >= 4 is 75.1 Å². The van der Waals surface area contributed by atoms with E-state index in [1.54, 1.807) is 0 Å². The highest BCUT2D eigenvalue weighted by Gasteiger charge is 2.22. The molecule has 0 aliphatic carbocycles. The van der Waals surface area contributed by atoms with Crippen molar-refractivity contribution in [2.24, 2.45) is 0 Å². The second-order valence-electron chi connectivity index (χ2n) is 14.4. The number of rotatable bonds is 5. The maximum Gasteiger partial charge on any atom is 0.164 e. The fourth-order valence-electron chi connectivity index (χ4n) is 8.64. The van der Waals surface area contributed by atoms with Crippen molar-refractivity contribution in [2.75, 3.05) is 0 Å². The van der Waals surface area contributed by atoms with Crippen molar-refractivity contribution in [3.8, 4) is 45.5 Å². The zero-order chi connectivity index (χ0) is 37.5. The van der Waals surface area contributed by atoms with Gasteiger partial charge in [0.1, 0.15) is 0 Å². The lowest BCUT2D eigenvalue weighted by atomic mass is 10.1. The van der Waals surface area contributed by atoms with Gasteiger partial charge in [-0.3, -0.25) is 0 Å². The van der Waals surface area contributed by atoms with E-state index in [1.807, 2.05) is 72.0 Å². The Labute approximate surface area is 331 Å². The summed E-state index contributed by atoms with van der Waals surface area (Å²) in [6.45, 7) is 0. The molecule has 0 bridgehead atoms. The maximum atomic E-state index is 5.00. The summed E-state index contributed by atoms with van der Waals surface area (Å²) in [6.07, 6.45) is 0. The fourth-order valence-corrected chi connectivity index (χ4v) is 9.85. The first-order valence-electron chi connectivity index (χ1n) is 19.1. The fraction of sp³-hybridized carbons (Fsp3) is 0. The van der Waals surface area contributed by atoms with Crippen molar-refractivity contribution in [1.29, 1.82) is 0 Å². The Bertz CT molecular complexity index is 3450. The molecule has 4 heterocycles. The Morgan fingerprint density at radius 2 is 0.895 bits per heavy atom. The van der Waals surface area contributed by atoms with Crippen LogP contribution in [-0.2, 0) is 0 Å². The van der Waals surface area contributed by atoms with E-state index >= 15 is 0 Å². The van der Waals surface area contributed by atoms with Gasteiger partial charge in [-0.25, -0.2) is 15.0 Å². The molecule has 0 spiro atoms. The molecule has 0 atom stereocenters. The average Bonchev–Trinajstić information content (AvgIpc) is 3.95. The van der Waals surface area contributed by atoms with Crippen molar-refractivity contribution in [2.45, 2.75) is 0 Å².